The summed E-state index contributed by atoms with van der Waals surface area (Å²) in [5.74, 6) is -0.162. The number of nitrogens with zero attached hydrogens (tertiary/aromatic N) is 1. The summed E-state index contributed by atoms with van der Waals surface area (Å²) in [6, 6.07) is 5.49. The van der Waals surface area contributed by atoms with Crippen LogP contribution in [0, 0.1) is 0 Å². The summed E-state index contributed by atoms with van der Waals surface area (Å²) < 4.78 is 5.34. The Hall–Kier alpha value is -1.76. The van der Waals surface area contributed by atoms with Gasteiger partial charge in [-0.25, -0.2) is 4.98 Å². The predicted molar refractivity (Wildman–Crippen MR) is 77.6 cm³/mol. The van der Waals surface area contributed by atoms with Crippen molar-refractivity contribution in [3.8, 4) is 0 Å². The van der Waals surface area contributed by atoms with Crippen LogP contribution in [0.3, 0.4) is 0 Å². The maximum absolute atomic E-state index is 12.2. The predicted octanol–water partition coefficient (Wildman–Crippen LogP) is 2.45. The molecule has 1 aromatic heterocycles. The molecule has 2 aromatic rings. The minimum atomic E-state index is -0.162. The van der Waals surface area contributed by atoms with Gasteiger partial charge < -0.3 is 10.5 Å². The third kappa shape index (κ3) is 2.58. The van der Waals surface area contributed by atoms with Crippen LogP contribution in [0.25, 0.3) is 0 Å². The lowest BCUT2D eigenvalue weighted by atomic mass is 10.1. The minimum absolute atomic E-state index is 0.131. The van der Waals surface area contributed by atoms with E-state index in [0.29, 0.717) is 23.9 Å². The highest BCUT2D eigenvalue weighted by Crippen LogP contribution is 2.23. The number of rotatable bonds is 3. The smallest absolute Gasteiger partial charge is 0.257 e. The molecule has 104 valence electrons. The largest absolute Gasteiger partial charge is 0.372 e. The van der Waals surface area contributed by atoms with Gasteiger partial charge in [-0.05, 0) is 30.2 Å². The highest BCUT2D eigenvalue weighted by atomic mass is 32.1. The Bertz CT molecular complexity index is 652. The van der Waals surface area contributed by atoms with E-state index in [1.807, 2.05) is 30.5 Å². The van der Waals surface area contributed by atoms with E-state index in [1.54, 1.807) is 0 Å². The van der Waals surface area contributed by atoms with E-state index in [1.165, 1.54) is 11.3 Å². The number of nitrogens with two attached hydrogens (primary N) is 1. The second kappa shape index (κ2) is 5.32. The van der Waals surface area contributed by atoms with Gasteiger partial charge in [-0.15, -0.1) is 11.3 Å². The molecule has 1 aliphatic rings. The van der Waals surface area contributed by atoms with Crippen molar-refractivity contribution in [2.24, 2.45) is 5.73 Å². The number of hydrogen-bond donors (Lipinski definition) is 2. The number of anilines is 1. The summed E-state index contributed by atoms with van der Waals surface area (Å²) in [6.07, 6.45) is 0. The first kappa shape index (κ1) is 13.2. The van der Waals surface area contributed by atoms with E-state index in [-0.39, 0.29) is 11.9 Å². The van der Waals surface area contributed by atoms with Crippen LogP contribution in [-0.2, 0) is 18.0 Å². The van der Waals surface area contributed by atoms with Gasteiger partial charge in [0, 0.05) is 17.0 Å². The molecule has 0 radical (unpaired) electrons. The third-order valence-electron chi connectivity index (χ3n) is 3.19. The van der Waals surface area contributed by atoms with Crippen LogP contribution in [-0.4, -0.2) is 10.9 Å². The first-order chi connectivity index (χ1) is 9.63. The molecule has 6 heteroatoms. The van der Waals surface area contributed by atoms with E-state index >= 15 is 0 Å². The van der Waals surface area contributed by atoms with Crippen molar-refractivity contribution in [1.29, 1.82) is 0 Å². The quantitative estimate of drug-likeness (QED) is 0.910. The maximum atomic E-state index is 12.2. The standard InChI is InChI=1S/C14H15N3O2S/c1-8(15)12-7-20-14(16-12)17-13(18)9-2-3-10-5-19-6-11(10)4-9/h2-4,7-8H,5-6,15H2,1H3,(H,16,17,18). The summed E-state index contributed by atoms with van der Waals surface area (Å²) in [5, 5.41) is 5.22. The van der Waals surface area contributed by atoms with Gasteiger partial charge in [0.25, 0.3) is 5.91 Å². The summed E-state index contributed by atoms with van der Waals surface area (Å²) in [5.41, 5.74) is 9.38. The fourth-order valence-electron chi connectivity index (χ4n) is 2.04. The number of benzene rings is 1. The number of hydrogen-bond acceptors (Lipinski definition) is 5. The number of carbonyl (C=O) groups excluding carboxylic acids is 1. The van der Waals surface area contributed by atoms with E-state index < -0.39 is 0 Å². The number of amides is 1. The first-order valence-corrected chi connectivity index (χ1v) is 7.23. The van der Waals surface area contributed by atoms with Gasteiger partial charge in [-0.2, -0.15) is 0 Å². The highest BCUT2D eigenvalue weighted by molar-refractivity contribution is 7.14. The second-order valence-corrected chi connectivity index (χ2v) is 5.65. The summed E-state index contributed by atoms with van der Waals surface area (Å²) in [4.78, 5) is 16.5. The first-order valence-electron chi connectivity index (χ1n) is 6.35. The van der Waals surface area contributed by atoms with Crippen molar-refractivity contribution in [1.82, 2.24) is 4.98 Å². The maximum Gasteiger partial charge on any atom is 0.257 e. The van der Waals surface area contributed by atoms with Crippen molar-refractivity contribution >= 4 is 22.4 Å². The molecule has 1 atom stereocenters. The molecule has 2 heterocycles. The average molecular weight is 289 g/mol. The number of aromatic nitrogens is 1. The zero-order valence-corrected chi connectivity index (χ0v) is 11.9. The van der Waals surface area contributed by atoms with Gasteiger partial charge in [0.2, 0.25) is 0 Å². The Morgan fingerprint density at radius 1 is 1.45 bits per heavy atom. The molecule has 0 aliphatic carbocycles. The lowest BCUT2D eigenvalue weighted by Crippen LogP contribution is -2.12. The van der Waals surface area contributed by atoms with Gasteiger partial charge in [0.05, 0.1) is 18.9 Å². The molecule has 3 rings (SSSR count). The zero-order chi connectivity index (χ0) is 14.1. The summed E-state index contributed by atoms with van der Waals surface area (Å²) in [6.45, 7) is 3.06. The van der Waals surface area contributed by atoms with E-state index in [9.17, 15) is 4.79 Å². The number of nitrogens with one attached hydrogen (secondary N) is 1. The van der Waals surface area contributed by atoms with Gasteiger partial charge in [-0.3, -0.25) is 10.1 Å². The van der Waals surface area contributed by atoms with Gasteiger partial charge in [-0.1, -0.05) is 6.07 Å². The van der Waals surface area contributed by atoms with Crippen molar-refractivity contribution in [3.63, 3.8) is 0 Å². The molecule has 1 amide bonds. The van der Waals surface area contributed by atoms with Crippen LogP contribution in [0.15, 0.2) is 23.6 Å². The van der Waals surface area contributed by atoms with Crippen LogP contribution in [0.2, 0.25) is 0 Å². The van der Waals surface area contributed by atoms with Gasteiger partial charge in [0.1, 0.15) is 0 Å². The van der Waals surface area contributed by atoms with Crippen molar-refractivity contribution < 1.29 is 9.53 Å². The Morgan fingerprint density at radius 2 is 2.25 bits per heavy atom. The van der Waals surface area contributed by atoms with Gasteiger partial charge >= 0.3 is 0 Å². The molecule has 5 nitrogen and oxygen atoms in total. The van der Waals surface area contributed by atoms with Crippen molar-refractivity contribution in [2.75, 3.05) is 5.32 Å². The average Bonchev–Trinajstić information content (AvgIpc) is 3.05. The Kier molecular flexibility index (Phi) is 3.52. The van der Waals surface area contributed by atoms with E-state index in [4.69, 9.17) is 10.5 Å². The fourth-order valence-corrected chi connectivity index (χ4v) is 2.84. The molecule has 1 aliphatic heterocycles. The Balaban J connectivity index is 1.75. The molecule has 3 N–H and O–H groups in total. The van der Waals surface area contributed by atoms with Crippen LogP contribution < -0.4 is 11.1 Å². The van der Waals surface area contributed by atoms with Crippen LogP contribution in [0.4, 0.5) is 5.13 Å². The fraction of sp³-hybridized carbons (Fsp3) is 0.286. The zero-order valence-electron chi connectivity index (χ0n) is 11.1. The molecule has 0 saturated carbocycles. The molecular formula is C14H15N3O2S. The lowest BCUT2D eigenvalue weighted by molar-refractivity contribution is 0.102. The number of thiazole rings is 1. The lowest BCUT2D eigenvalue weighted by Gasteiger charge is -2.04. The summed E-state index contributed by atoms with van der Waals surface area (Å²) >= 11 is 1.38. The molecule has 0 fully saturated rings. The van der Waals surface area contributed by atoms with Crippen LogP contribution >= 0.6 is 11.3 Å². The normalized spacial score (nSPS) is 14.9. The number of ether oxygens (including phenoxy) is 1. The monoisotopic (exact) mass is 289 g/mol. The molecule has 20 heavy (non-hydrogen) atoms. The molecule has 0 saturated heterocycles. The second-order valence-electron chi connectivity index (χ2n) is 4.80. The van der Waals surface area contributed by atoms with E-state index in [0.717, 1.165) is 16.8 Å². The number of fused-ring (bicyclic) bond motifs is 1. The van der Waals surface area contributed by atoms with Crippen molar-refractivity contribution in [2.45, 2.75) is 26.2 Å². The molecule has 0 bridgehead atoms. The number of carbonyl (C=O) groups is 1. The van der Waals surface area contributed by atoms with Gasteiger partial charge in [0.15, 0.2) is 5.13 Å². The molecule has 1 aromatic carbocycles. The van der Waals surface area contributed by atoms with Crippen molar-refractivity contribution in [3.05, 3.63) is 46.0 Å². The molecular weight excluding hydrogens is 274 g/mol. The third-order valence-corrected chi connectivity index (χ3v) is 3.97. The van der Waals surface area contributed by atoms with Crippen LogP contribution in [0.5, 0.6) is 0 Å². The highest BCUT2D eigenvalue weighted by Gasteiger charge is 2.15. The molecule has 1 unspecified atom stereocenters. The summed E-state index contributed by atoms with van der Waals surface area (Å²) in [7, 11) is 0. The van der Waals surface area contributed by atoms with E-state index in [2.05, 4.69) is 10.3 Å². The van der Waals surface area contributed by atoms with Crippen LogP contribution in [0.1, 0.15) is 40.1 Å². The SMILES string of the molecule is CC(N)c1csc(NC(=O)c2ccc3c(c2)COC3)n1. The minimum Gasteiger partial charge on any atom is -0.372 e. The Morgan fingerprint density at radius 3 is 3.00 bits per heavy atom. The molecule has 0 spiro atoms. The topological polar surface area (TPSA) is 77.2 Å². The Labute approximate surface area is 120 Å².